The van der Waals surface area contributed by atoms with Crippen LogP contribution >= 0.6 is 0 Å². The molecular weight excluding hydrogens is 276 g/mol. The molecule has 1 fully saturated rings. The summed E-state index contributed by atoms with van der Waals surface area (Å²) in [7, 11) is 1.60. The van der Waals surface area contributed by atoms with Crippen molar-refractivity contribution >= 4 is 5.97 Å². The summed E-state index contributed by atoms with van der Waals surface area (Å²) < 4.78 is 10.6. The molecule has 1 aromatic rings. The number of allylic oxidation sites excluding steroid dienone is 5. The molecule has 0 radical (unpaired) electrons. The van der Waals surface area contributed by atoms with Gasteiger partial charge in [-0.25, -0.2) is 4.79 Å². The Morgan fingerprint density at radius 1 is 1.00 bits per heavy atom. The van der Waals surface area contributed by atoms with Crippen molar-refractivity contribution in [2.75, 3.05) is 13.7 Å². The van der Waals surface area contributed by atoms with Crippen molar-refractivity contribution in [2.24, 2.45) is 23.7 Å². The maximum absolute atomic E-state index is 12.1. The SMILES string of the molecule is COc1ccc(C(=O)OCC2=CC3[C@H]4C=CC2C=C[C@H]34)cc1. The van der Waals surface area contributed by atoms with E-state index in [0.717, 1.165) is 5.75 Å². The first kappa shape index (κ1) is 13.4. The van der Waals surface area contributed by atoms with Crippen LogP contribution in [0, 0.1) is 23.7 Å². The first-order chi connectivity index (χ1) is 10.8. The van der Waals surface area contributed by atoms with Crippen molar-refractivity contribution in [1.82, 2.24) is 0 Å². The minimum Gasteiger partial charge on any atom is -0.497 e. The smallest absolute Gasteiger partial charge is 0.338 e. The number of rotatable bonds is 4. The molecule has 0 heterocycles. The highest BCUT2D eigenvalue weighted by Gasteiger charge is 2.47. The summed E-state index contributed by atoms with van der Waals surface area (Å²) in [6.07, 6.45) is 11.4. The Kier molecular flexibility index (Phi) is 3.14. The van der Waals surface area contributed by atoms with E-state index in [1.807, 2.05) is 0 Å². The van der Waals surface area contributed by atoms with Crippen LogP contribution in [0.4, 0.5) is 0 Å². The second-order valence-corrected chi connectivity index (χ2v) is 6.07. The van der Waals surface area contributed by atoms with Crippen molar-refractivity contribution in [2.45, 2.75) is 0 Å². The molecule has 5 rings (SSSR count). The number of carbonyl (C=O) groups is 1. The van der Waals surface area contributed by atoms with E-state index >= 15 is 0 Å². The van der Waals surface area contributed by atoms with Crippen LogP contribution in [0.15, 0.2) is 60.2 Å². The Bertz CT molecular complexity index is 661. The summed E-state index contributed by atoms with van der Waals surface area (Å²) in [6, 6.07) is 6.99. The third-order valence-corrected chi connectivity index (χ3v) is 4.80. The van der Waals surface area contributed by atoms with Gasteiger partial charge in [-0.15, -0.1) is 0 Å². The summed E-state index contributed by atoms with van der Waals surface area (Å²) in [5, 5.41) is 0. The van der Waals surface area contributed by atoms with Crippen LogP contribution in [0.1, 0.15) is 10.4 Å². The topological polar surface area (TPSA) is 35.5 Å². The summed E-state index contributed by atoms with van der Waals surface area (Å²) in [4.78, 5) is 12.1. The van der Waals surface area contributed by atoms with E-state index in [4.69, 9.17) is 9.47 Å². The summed E-state index contributed by atoms with van der Waals surface area (Å²) in [5.41, 5.74) is 1.75. The molecule has 2 atom stereocenters. The average Bonchev–Trinajstić information content (AvgIpc) is 3.30. The highest BCUT2D eigenvalue weighted by atomic mass is 16.5. The average molecular weight is 294 g/mol. The van der Waals surface area contributed by atoms with Crippen LogP contribution in [0.3, 0.4) is 0 Å². The minimum absolute atomic E-state index is 0.281. The first-order valence-corrected chi connectivity index (χ1v) is 7.64. The van der Waals surface area contributed by atoms with Gasteiger partial charge >= 0.3 is 5.97 Å². The lowest BCUT2D eigenvalue weighted by Gasteiger charge is -2.13. The van der Waals surface area contributed by atoms with Crippen molar-refractivity contribution in [3.05, 3.63) is 65.8 Å². The summed E-state index contributed by atoms with van der Waals surface area (Å²) in [6.45, 7) is 0.361. The normalized spacial score (nSPS) is 30.3. The molecule has 0 aromatic heterocycles. The van der Waals surface area contributed by atoms with E-state index in [-0.39, 0.29) is 11.9 Å². The number of ether oxygens (including phenoxy) is 2. The van der Waals surface area contributed by atoms with Crippen molar-refractivity contribution < 1.29 is 14.3 Å². The molecule has 3 nitrogen and oxygen atoms in total. The van der Waals surface area contributed by atoms with E-state index < -0.39 is 0 Å². The molecule has 4 aliphatic rings. The first-order valence-electron chi connectivity index (χ1n) is 7.64. The zero-order valence-electron chi connectivity index (χ0n) is 12.4. The lowest BCUT2D eigenvalue weighted by Crippen LogP contribution is -2.11. The number of methoxy groups -OCH3 is 1. The van der Waals surface area contributed by atoms with Gasteiger partial charge in [0.05, 0.1) is 12.7 Å². The van der Waals surface area contributed by atoms with E-state index in [9.17, 15) is 4.79 Å². The standard InChI is InChI=1S/C19H18O3/c1-21-15-6-2-13(3-7-15)19(20)22-11-14-10-18-16-8-4-12(14)5-9-17(16)18/h2-10,12,16-18H,11H2,1H3/t12?,16-,17-,18?/m0/s1. The van der Waals surface area contributed by atoms with Crippen molar-refractivity contribution in [3.63, 3.8) is 0 Å². The maximum Gasteiger partial charge on any atom is 0.338 e. The second kappa shape index (κ2) is 5.16. The van der Waals surface area contributed by atoms with E-state index in [1.165, 1.54) is 5.57 Å². The molecule has 1 aromatic carbocycles. The molecule has 0 unspecified atom stereocenters. The minimum atomic E-state index is -0.289. The number of hydrogen-bond acceptors (Lipinski definition) is 3. The van der Waals surface area contributed by atoms with Gasteiger partial charge in [0.25, 0.3) is 0 Å². The lowest BCUT2D eigenvalue weighted by atomic mass is 10.00. The third kappa shape index (κ3) is 2.27. The van der Waals surface area contributed by atoms with Gasteiger partial charge < -0.3 is 9.47 Å². The fourth-order valence-corrected chi connectivity index (χ4v) is 3.39. The van der Waals surface area contributed by atoms with Crippen LogP contribution in [0.5, 0.6) is 5.75 Å². The predicted octanol–water partition coefficient (Wildman–Crippen LogP) is 3.40. The van der Waals surface area contributed by atoms with Gasteiger partial charge in [0.2, 0.25) is 0 Å². The number of esters is 1. The van der Waals surface area contributed by atoms with Crippen LogP contribution in [0.2, 0.25) is 0 Å². The number of hydrogen-bond donors (Lipinski definition) is 0. The number of benzene rings is 1. The Labute approximate surface area is 129 Å². The van der Waals surface area contributed by atoms with Gasteiger partial charge in [-0.3, -0.25) is 0 Å². The largest absolute Gasteiger partial charge is 0.497 e. The maximum atomic E-state index is 12.1. The Morgan fingerprint density at radius 2 is 1.68 bits per heavy atom. The van der Waals surface area contributed by atoms with Crippen LogP contribution < -0.4 is 4.74 Å². The van der Waals surface area contributed by atoms with E-state index in [0.29, 0.717) is 29.9 Å². The molecule has 0 aliphatic heterocycles. The molecule has 4 aliphatic carbocycles. The predicted molar refractivity (Wildman–Crippen MR) is 83.6 cm³/mol. The van der Waals surface area contributed by atoms with Gasteiger partial charge in [0.15, 0.2) is 0 Å². The monoisotopic (exact) mass is 294 g/mol. The fraction of sp³-hybridized carbons (Fsp3) is 0.316. The van der Waals surface area contributed by atoms with Crippen molar-refractivity contribution in [3.8, 4) is 5.75 Å². The molecule has 1 saturated carbocycles. The highest BCUT2D eigenvalue weighted by Crippen LogP contribution is 2.54. The molecule has 0 spiro atoms. The van der Waals surface area contributed by atoms with Gasteiger partial charge in [0, 0.05) is 5.92 Å². The molecule has 4 bridgehead atoms. The Morgan fingerprint density at radius 3 is 2.32 bits per heavy atom. The van der Waals surface area contributed by atoms with Crippen LogP contribution in [0.25, 0.3) is 0 Å². The van der Waals surface area contributed by atoms with E-state index in [2.05, 4.69) is 30.4 Å². The van der Waals surface area contributed by atoms with Gasteiger partial charge in [-0.05, 0) is 47.6 Å². The van der Waals surface area contributed by atoms with E-state index in [1.54, 1.807) is 31.4 Å². The molecule has 112 valence electrons. The summed E-state index contributed by atoms with van der Waals surface area (Å²) >= 11 is 0. The molecule has 0 N–H and O–H groups in total. The second-order valence-electron chi connectivity index (χ2n) is 6.07. The van der Waals surface area contributed by atoms with Crippen molar-refractivity contribution in [1.29, 1.82) is 0 Å². The Hall–Kier alpha value is -2.29. The molecule has 0 saturated heterocycles. The molecule has 22 heavy (non-hydrogen) atoms. The zero-order chi connectivity index (χ0) is 15.1. The molecule has 0 amide bonds. The quantitative estimate of drug-likeness (QED) is 0.630. The molecule has 3 heteroatoms. The number of carbonyl (C=O) groups excluding carboxylic acids is 1. The fourth-order valence-electron chi connectivity index (χ4n) is 3.39. The van der Waals surface area contributed by atoms with Crippen LogP contribution in [-0.4, -0.2) is 19.7 Å². The summed E-state index contributed by atoms with van der Waals surface area (Å²) in [5.74, 6) is 2.66. The highest BCUT2D eigenvalue weighted by molar-refractivity contribution is 5.89. The lowest BCUT2D eigenvalue weighted by molar-refractivity contribution is 0.0535. The molecular formula is C19H18O3. The van der Waals surface area contributed by atoms with Gasteiger partial charge in [-0.2, -0.15) is 0 Å². The third-order valence-electron chi connectivity index (χ3n) is 4.80. The van der Waals surface area contributed by atoms with Crippen LogP contribution in [-0.2, 0) is 4.74 Å². The van der Waals surface area contributed by atoms with Gasteiger partial charge in [0.1, 0.15) is 12.4 Å². The Balaban J connectivity index is 1.43. The van der Waals surface area contributed by atoms with Gasteiger partial charge in [-0.1, -0.05) is 30.4 Å². The zero-order valence-corrected chi connectivity index (χ0v) is 12.4.